The van der Waals surface area contributed by atoms with Crippen LogP contribution in [0, 0.1) is 0 Å². The number of cyclic esters (lactones) is 1. The second-order valence-electron chi connectivity index (χ2n) is 1.92. The Kier molecular flexibility index (Phi) is 2.10. The Labute approximate surface area is 67.4 Å². The first-order valence-corrected chi connectivity index (χ1v) is 3.82. The van der Waals surface area contributed by atoms with E-state index in [4.69, 9.17) is 4.74 Å². The number of rotatable bonds is 0. The zero-order chi connectivity index (χ0) is 6.85. The Morgan fingerprint density at radius 3 is 2.78 bits per heavy atom. The topological polar surface area (TPSA) is 26.3 Å². The van der Waals surface area contributed by atoms with Gasteiger partial charge in [0.05, 0.1) is 6.61 Å². The highest BCUT2D eigenvalue weighted by Crippen LogP contribution is 2.21. The summed E-state index contributed by atoms with van der Waals surface area (Å²) in [6.07, 6.45) is 0.887. The van der Waals surface area contributed by atoms with Crippen LogP contribution in [0.1, 0.15) is 13.3 Å². The molecule has 0 radical (unpaired) electrons. The van der Waals surface area contributed by atoms with Gasteiger partial charge in [-0.1, -0.05) is 0 Å². The maximum absolute atomic E-state index is 10.7. The highest BCUT2D eigenvalue weighted by molar-refractivity contribution is 14.1. The average molecular weight is 238 g/mol. The summed E-state index contributed by atoms with van der Waals surface area (Å²) in [6, 6.07) is 0. The lowest BCUT2D eigenvalue weighted by molar-refractivity contribution is -0.139. The Morgan fingerprint density at radius 2 is 2.33 bits per heavy atom. The average Bonchev–Trinajstić information content (AvgIpc) is 1.83. The molecule has 0 aromatic rings. The van der Waals surface area contributed by atoms with Gasteiger partial charge in [0.15, 0.2) is 0 Å². The molecule has 0 fully saturated rings. The molecule has 0 aliphatic carbocycles. The third kappa shape index (κ3) is 1.44. The lowest BCUT2D eigenvalue weighted by Gasteiger charge is -2.12. The molecule has 3 heteroatoms. The number of hydrogen-bond acceptors (Lipinski definition) is 2. The van der Waals surface area contributed by atoms with E-state index in [1.54, 1.807) is 6.92 Å². The van der Waals surface area contributed by atoms with Gasteiger partial charge in [0.25, 0.3) is 0 Å². The van der Waals surface area contributed by atoms with Crippen molar-refractivity contribution in [3.8, 4) is 0 Å². The molecule has 1 aliphatic heterocycles. The van der Waals surface area contributed by atoms with Gasteiger partial charge in [-0.3, -0.25) is 0 Å². The van der Waals surface area contributed by atoms with Gasteiger partial charge in [0.1, 0.15) is 0 Å². The van der Waals surface area contributed by atoms with Crippen LogP contribution >= 0.6 is 22.6 Å². The van der Waals surface area contributed by atoms with Crippen LogP contribution in [0.5, 0.6) is 0 Å². The third-order valence-electron chi connectivity index (χ3n) is 1.27. The molecule has 0 aromatic carbocycles. The van der Waals surface area contributed by atoms with Crippen molar-refractivity contribution in [2.75, 3.05) is 6.61 Å². The Morgan fingerprint density at radius 1 is 1.67 bits per heavy atom. The molecule has 0 bridgehead atoms. The third-order valence-corrected chi connectivity index (χ3v) is 2.62. The molecule has 0 unspecified atom stereocenters. The number of carbonyl (C=O) groups is 1. The fourth-order valence-electron chi connectivity index (χ4n) is 0.640. The predicted octanol–water partition coefficient (Wildman–Crippen LogP) is 1.64. The number of esters is 1. The first-order valence-electron chi connectivity index (χ1n) is 2.74. The smallest absolute Gasteiger partial charge is 0.334 e. The van der Waals surface area contributed by atoms with Crippen molar-refractivity contribution in [3.63, 3.8) is 0 Å². The van der Waals surface area contributed by atoms with Crippen LogP contribution in [-0.4, -0.2) is 12.6 Å². The molecule has 0 saturated carbocycles. The second kappa shape index (κ2) is 2.68. The lowest BCUT2D eigenvalue weighted by Crippen LogP contribution is -2.13. The van der Waals surface area contributed by atoms with Crippen molar-refractivity contribution in [1.29, 1.82) is 0 Å². The first-order chi connectivity index (χ1) is 4.22. The summed E-state index contributed by atoms with van der Waals surface area (Å²) in [5.41, 5.74) is 0.766. The minimum absolute atomic E-state index is 0.161. The van der Waals surface area contributed by atoms with Crippen molar-refractivity contribution >= 4 is 28.6 Å². The zero-order valence-corrected chi connectivity index (χ0v) is 7.27. The van der Waals surface area contributed by atoms with Crippen LogP contribution in [0.4, 0.5) is 0 Å². The number of hydrogen-bond donors (Lipinski definition) is 0. The number of carbonyl (C=O) groups excluding carboxylic acids is 1. The minimum atomic E-state index is -0.161. The molecular formula is C6H7IO2. The Balaban J connectivity index is 2.84. The molecule has 1 rings (SSSR count). The summed E-state index contributed by atoms with van der Waals surface area (Å²) in [5.74, 6) is -0.161. The van der Waals surface area contributed by atoms with Gasteiger partial charge in [-0.05, 0) is 29.5 Å². The molecular weight excluding hydrogens is 231 g/mol. The van der Waals surface area contributed by atoms with E-state index in [1.807, 2.05) is 0 Å². The zero-order valence-electron chi connectivity index (χ0n) is 5.11. The van der Waals surface area contributed by atoms with E-state index in [9.17, 15) is 4.79 Å². The highest BCUT2D eigenvalue weighted by Gasteiger charge is 2.14. The van der Waals surface area contributed by atoms with Gasteiger partial charge in [0.2, 0.25) is 0 Å². The summed E-state index contributed by atoms with van der Waals surface area (Å²) in [7, 11) is 0. The summed E-state index contributed by atoms with van der Waals surface area (Å²) in [6.45, 7) is 2.34. The molecule has 50 valence electrons. The minimum Gasteiger partial charge on any atom is -0.462 e. The molecule has 0 N–H and O–H groups in total. The summed E-state index contributed by atoms with van der Waals surface area (Å²) in [5, 5.41) is 0. The second-order valence-corrected chi connectivity index (χ2v) is 3.22. The largest absolute Gasteiger partial charge is 0.462 e. The van der Waals surface area contributed by atoms with E-state index < -0.39 is 0 Å². The van der Waals surface area contributed by atoms with Crippen molar-refractivity contribution in [2.45, 2.75) is 13.3 Å². The molecule has 0 atom stereocenters. The molecule has 1 heterocycles. The molecule has 1 aliphatic rings. The molecule has 9 heavy (non-hydrogen) atoms. The normalized spacial score (nSPS) is 20.0. The maximum atomic E-state index is 10.7. The van der Waals surface area contributed by atoms with Crippen LogP contribution in [0.25, 0.3) is 0 Å². The number of halogens is 1. The van der Waals surface area contributed by atoms with Crippen molar-refractivity contribution < 1.29 is 9.53 Å². The Bertz CT molecular complexity index is 172. The quantitative estimate of drug-likeness (QED) is 0.473. The van der Waals surface area contributed by atoms with E-state index in [2.05, 4.69) is 22.6 Å². The molecule has 0 aromatic heterocycles. The fraction of sp³-hybridized carbons (Fsp3) is 0.500. The summed E-state index contributed by atoms with van der Waals surface area (Å²) >= 11 is 2.18. The standard InChI is InChI=1S/C6H7IO2/c1-4-5(7)2-3-9-6(4)8/h2-3H2,1H3. The molecule has 0 spiro atoms. The van der Waals surface area contributed by atoms with Gasteiger partial charge < -0.3 is 4.74 Å². The fourth-order valence-corrected chi connectivity index (χ4v) is 1.08. The van der Waals surface area contributed by atoms with Crippen LogP contribution in [0.3, 0.4) is 0 Å². The summed E-state index contributed by atoms with van der Waals surface area (Å²) < 4.78 is 5.89. The van der Waals surface area contributed by atoms with Gasteiger partial charge >= 0.3 is 5.97 Å². The SMILES string of the molecule is CC1=C(I)CCOC1=O. The van der Waals surface area contributed by atoms with Crippen LogP contribution in [0.2, 0.25) is 0 Å². The van der Waals surface area contributed by atoms with E-state index in [0.29, 0.717) is 6.61 Å². The van der Waals surface area contributed by atoms with Gasteiger partial charge in [-0.25, -0.2) is 4.79 Å². The number of ether oxygens (including phenoxy) is 1. The van der Waals surface area contributed by atoms with Crippen molar-refractivity contribution in [3.05, 3.63) is 9.15 Å². The molecule has 0 saturated heterocycles. The molecule has 2 nitrogen and oxygen atoms in total. The van der Waals surface area contributed by atoms with Crippen molar-refractivity contribution in [2.24, 2.45) is 0 Å². The maximum Gasteiger partial charge on any atom is 0.334 e. The Hall–Kier alpha value is -0.0600. The van der Waals surface area contributed by atoms with Gasteiger partial charge in [-0.2, -0.15) is 0 Å². The monoisotopic (exact) mass is 238 g/mol. The highest BCUT2D eigenvalue weighted by atomic mass is 127. The van der Waals surface area contributed by atoms with Crippen LogP contribution < -0.4 is 0 Å². The van der Waals surface area contributed by atoms with E-state index in [0.717, 1.165) is 15.6 Å². The predicted molar refractivity (Wildman–Crippen MR) is 42.3 cm³/mol. The van der Waals surface area contributed by atoms with Crippen LogP contribution in [0.15, 0.2) is 9.15 Å². The van der Waals surface area contributed by atoms with E-state index in [1.165, 1.54) is 0 Å². The summed E-state index contributed by atoms with van der Waals surface area (Å²) in [4.78, 5) is 10.7. The van der Waals surface area contributed by atoms with Gasteiger partial charge in [-0.15, -0.1) is 0 Å². The first kappa shape index (κ1) is 7.05. The van der Waals surface area contributed by atoms with E-state index >= 15 is 0 Å². The van der Waals surface area contributed by atoms with Crippen molar-refractivity contribution in [1.82, 2.24) is 0 Å². The van der Waals surface area contributed by atoms with Crippen LogP contribution in [-0.2, 0) is 9.53 Å². The lowest BCUT2D eigenvalue weighted by atomic mass is 10.2. The van der Waals surface area contributed by atoms with Gasteiger partial charge in [0, 0.05) is 15.6 Å². The molecule has 0 amide bonds. The van der Waals surface area contributed by atoms with E-state index in [-0.39, 0.29) is 5.97 Å².